The van der Waals surface area contributed by atoms with Crippen molar-refractivity contribution in [3.8, 4) is 11.1 Å². The topological polar surface area (TPSA) is 126 Å². The van der Waals surface area contributed by atoms with Gasteiger partial charge in [0.2, 0.25) is 0 Å². The molecule has 0 atom stereocenters. The summed E-state index contributed by atoms with van der Waals surface area (Å²) < 4.78 is 15.4. The molecule has 0 bridgehead atoms. The number of carbonyl (C=O) groups is 5. The molecule has 1 fully saturated rings. The van der Waals surface area contributed by atoms with Crippen LogP contribution < -0.4 is 0 Å². The van der Waals surface area contributed by atoms with Crippen molar-refractivity contribution in [3.05, 3.63) is 58.7 Å². The molecule has 0 spiro atoms. The van der Waals surface area contributed by atoms with Crippen molar-refractivity contribution in [1.29, 1.82) is 0 Å². The van der Waals surface area contributed by atoms with Gasteiger partial charge in [0.25, 0.3) is 11.8 Å². The normalized spacial score (nSPS) is 14.4. The monoisotopic (exact) mass is 537 g/mol. The molecule has 2 amide bonds. The summed E-state index contributed by atoms with van der Waals surface area (Å²) in [5.41, 5.74) is 4.32. The number of methoxy groups -OCH3 is 2. The maximum Gasteiger partial charge on any atom is 0.533 e. The average molecular weight is 538 g/mol. The largest absolute Gasteiger partial charge is 0.533 e. The highest BCUT2D eigenvalue weighted by Crippen LogP contribution is 2.46. The van der Waals surface area contributed by atoms with E-state index in [9.17, 15) is 24.0 Å². The molecule has 2 aromatic carbocycles. The lowest BCUT2D eigenvalue weighted by Gasteiger charge is -2.17. The van der Waals surface area contributed by atoms with Gasteiger partial charge in [-0.1, -0.05) is 29.3 Å². The minimum Gasteiger partial charge on any atom is -0.432 e. The van der Waals surface area contributed by atoms with E-state index in [1.165, 1.54) is 0 Å². The number of nitrogens with zero attached hydrogens (tertiary/aromatic N) is 1. The lowest BCUT2D eigenvalue weighted by atomic mass is 9.93. The van der Waals surface area contributed by atoms with Crippen molar-refractivity contribution >= 4 is 29.5 Å². The molecule has 2 aromatic rings. The summed E-state index contributed by atoms with van der Waals surface area (Å²) in [6.07, 6.45) is 0.583. The Morgan fingerprint density at radius 3 is 1.74 bits per heavy atom. The number of hydrogen-bond donors (Lipinski definition) is 0. The third-order valence-electron chi connectivity index (χ3n) is 6.83. The molecule has 2 aliphatic rings. The van der Waals surface area contributed by atoms with Crippen LogP contribution in [0, 0.1) is 0 Å². The Balaban J connectivity index is 1.59. The number of ether oxygens (including phenoxy) is 3. The van der Waals surface area contributed by atoms with Crippen LogP contribution in [0.4, 0.5) is 4.79 Å². The maximum atomic E-state index is 12.8. The first-order valence-electron chi connectivity index (χ1n) is 12.9. The molecule has 0 aromatic heterocycles. The third kappa shape index (κ3) is 6.40. The van der Waals surface area contributed by atoms with E-state index < -0.39 is 23.9 Å². The van der Waals surface area contributed by atoms with Gasteiger partial charge < -0.3 is 14.2 Å². The number of Topliss-reactive ketones (excluding diaryl/α,β-unsaturated/α-hetero) is 2. The van der Waals surface area contributed by atoms with Crippen LogP contribution in [-0.4, -0.2) is 68.6 Å². The van der Waals surface area contributed by atoms with E-state index >= 15 is 0 Å². The van der Waals surface area contributed by atoms with Crippen LogP contribution in [0.1, 0.15) is 76.3 Å². The highest BCUT2D eigenvalue weighted by atomic mass is 16.8. The first-order valence-corrected chi connectivity index (χ1v) is 12.9. The van der Waals surface area contributed by atoms with E-state index in [-0.39, 0.29) is 31.0 Å². The predicted octanol–water partition coefficient (Wildman–Crippen LogP) is 4.23. The number of imide groups is 1. The van der Waals surface area contributed by atoms with E-state index in [2.05, 4.69) is 0 Å². The second-order valence-corrected chi connectivity index (χ2v) is 9.43. The van der Waals surface area contributed by atoms with Crippen molar-refractivity contribution in [2.45, 2.75) is 44.4 Å². The fourth-order valence-electron chi connectivity index (χ4n) is 4.84. The number of amides is 2. The zero-order valence-electron chi connectivity index (χ0n) is 22.0. The number of hydrogen-bond acceptors (Lipinski definition) is 9. The number of rotatable bonds is 13. The molecule has 1 heterocycles. The highest BCUT2D eigenvalue weighted by molar-refractivity contribution is 6.01. The fraction of sp³-hybridized carbons (Fsp3) is 0.414. The molecule has 10 heteroatoms. The van der Waals surface area contributed by atoms with Gasteiger partial charge >= 0.3 is 6.16 Å². The predicted molar refractivity (Wildman–Crippen MR) is 138 cm³/mol. The summed E-state index contributed by atoms with van der Waals surface area (Å²) in [4.78, 5) is 66.4. The second kappa shape index (κ2) is 12.8. The lowest BCUT2D eigenvalue weighted by Crippen LogP contribution is -2.32. The van der Waals surface area contributed by atoms with Gasteiger partial charge in [0.1, 0.15) is 6.61 Å². The Bertz CT molecular complexity index is 1200. The Kier molecular flexibility index (Phi) is 9.21. The van der Waals surface area contributed by atoms with Crippen LogP contribution in [0.25, 0.3) is 11.1 Å². The molecule has 10 nitrogen and oxygen atoms in total. The van der Waals surface area contributed by atoms with Gasteiger partial charge in [-0.15, -0.1) is 0 Å². The lowest BCUT2D eigenvalue weighted by molar-refractivity contribution is -0.177. The van der Waals surface area contributed by atoms with Crippen LogP contribution in [0.5, 0.6) is 0 Å². The molecule has 0 unspecified atom stereocenters. The first kappa shape index (κ1) is 28.1. The molecule has 4 rings (SSSR count). The van der Waals surface area contributed by atoms with E-state index in [1.807, 2.05) is 12.1 Å². The van der Waals surface area contributed by atoms with Crippen molar-refractivity contribution in [2.24, 2.45) is 0 Å². The Morgan fingerprint density at radius 2 is 1.28 bits per heavy atom. The van der Waals surface area contributed by atoms with Gasteiger partial charge in [0, 0.05) is 70.2 Å². The number of ketones is 2. The molecule has 1 aliphatic heterocycles. The Hall–Kier alpha value is -3.89. The Labute approximate surface area is 226 Å². The summed E-state index contributed by atoms with van der Waals surface area (Å²) in [5.74, 6) is -1.79. The Morgan fingerprint density at radius 1 is 0.795 bits per heavy atom. The molecule has 0 N–H and O–H groups in total. The zero-order chi connectivity index (χ0) is 27.9. The highest BCUT2D eigenvalue weighted by Gasteiger charge is 2.35. The molecule has 0 saturated carbocycles. The number of carbonyl (C=O) groups excluding carboxylic acids is 5. The zero-order valence-corrected chi connectivity index (χ0v) is 22.0. The summed E-state index contributed by atoms with van der Waals surface area (Å²) >= 11 is 0. The van der Waals surface area contributed by atoms with E-state index in [4.69, 9.17) is 19.0 Å². The summed E-state index contributed by atoms with van der Waals surface area (Å²) in [6, 6.07) is 10.8. The van der Waals surface area contributed by atoms with Gasteiger partial charge in [-0.2, -0.15) is 0 Å². The summed E-state index contributed by atoms with van der Waals surface area (Å²) in [6.45, 7) is 0.769. The smallest absolute Gasteiger partial charge is 0.432 e. The summed E-state index contributed by atoms with van der Waals surface area (Å²) in [7, 11) is 3.16. The van der Waals surface area contributed by atoms with Crippen LogP contribution in [0.3, 0.4) is 0 Å². The summed E-state index contributed by atoms with van der Waals surface area (Å²) in [5, 5.41) is 0.423. The van der Waals surface area contributed by atoms with Crippen LogP contribution >= 0.6 is 0 Å². The molecular weight excluding hydrogens is 506 g/mol. The molecular formula is C29H31NO9. The van der Waals surface area contributed by atoms with E-state index in [0.717, 1.165) is 22.3 Å². The van der Waals surface area contributed by atoms with Gasteiger partial charge in [0.15, 0.2) is 11.6 Å². The van der Waals surface area contributed by atoms with Crippen molar-refractivity contribution in [3.63, 3.8) is 0 Å². The van der Waals surface area contributed by atoms with E-state index in [1.54, 1.807) is 38.5 Å². The van der Waals surface area contributed by atoms with E-state index in [0.29, 0.717) is 55.1 Å². The third-order valence-corrected chi connectivity index (χ3v) is 6.83. The van der Waals surface area contributed by atoms with Gasteiger partial charge in [-0.05, 0) is 47.2 Å². The van der Waals surface area contributed by atoms with Crippen molar-refractivity contribution in [2.75, 3.05) is 34.0 Å². The second-order valence-electron chi connectivity index (χ2n) is 9.43. The van der Waals surface area contributed by atoms with Crippen LogP contribution in [-0.2, 0) is 28.6 Å². The van der Waals surface area contributed by atoms with Crippen LogP contribution in [0.2, 0.25) is 0 Å². The van der Waals surface area contributed by atoms with Crippen molar-refractivity contribution in [1.82, 2.24) is 5.06 Å². The average Bonchev–Trinajstić information content (AvgIpc) is 3.42. The molecule has 1 saturated heterocycles. The SMILES string of the molecule is COCCCC(=O)c1ccc2c(c1)C(COC(=O)ON1C(=O)CCC1=O)c1cc(C(=O)CCCOC)ccc1-2. The quantitative estimate of drug-likeness (QED) is 0.160. The first-order chi connectivity index (χ1) is 18.8. The van der Waals surface area contributed by atoms with Crippen LogP contribution in [0.15, 0.2) is 36.4 Å². The standard InChI is InChI=1S/C29H31NO9/c1-36-13-3-5-25(31)18-7-9-20-21-10-8-19(26(32)6-4-14-37-2)16-23(21)24(22(20)15-18)17-38-29(35)39-30-27(33)11-12-28(30)34/h7-10,15-16,24H,3-6,11-14,17H2,1-2H3. The molecule has 39 heavy (non-hydrogen) atoms. The number of fused-ring (bicyclic) bond motifs is 3. The molecule has 1 aliphatic carbocycles. The maximum absolute atomic E-state index is 12.8. The number of benzene rings is 2. The fourth-order valence-corrected chi connectivity index (χ4v) is 4.84. The van der Waals surface area contributed by atoms with Crippen molar-refractivity contribution < 1.29 is 43.0 Å². The number of hydroxylamine groups is 2. The molecule has 206 valence electrons. The van der Waals surface area contributed by atoms with Gasteiger partial charge in [0.05, 0.1) is 0 Å². The minimum absolute atomic E-state index is 0.0299. The van der Waals surface area contributed by atoms with Gasteiger partial charge in [-0.3, -0.25) is 24.0 Å². The molecule has 0 radical (unpaired) electrons. The van der Waals surface area contributed by atoms with Gasteiger partial charge in [-0.25, -0.2) is 4.79 Å². The minimum atomic E-state index is -1.19.